The molecule has 0 aliphatic carbocycles. The first-order valence-corrected chi connectivity index (χ1v) is 7.01. The van der Waals surface area contributed by atoms with Gasteiger partial charge in [0.05, 0.1) is 12.0 Å². The van der Waals surface area contributed by atoms with Gasteiger partial charge in [0.15, 0.2) is 5.96 Å². The Morgan fingerprint density at radius 3 is 2.26 bits per heavy atom. The van der Waals surface area contributed by atoms with Gasteiger partial charge in [-0.2, -0.15) is 0 Å². The minimum absolute atomic E-state index is 0.291. The number of aliphatic imine (C=N–C) groups is 1. The Bertz CT molecular complexity index is 311. The van der Waals surface area contributed by atoms with Crippen LogP contribution in [0, 0.1) is 11.3 Å². The molecule has 0 aliphatic heterocycles. The third kappa shape index (κ3) is 8.46. The molecule has 0 radical (unpaired) electrons. The molecule has 0 aliphatic rings. The van der Waals surface area contributed by atoms with Crippen LogP contribution in [-0.2, 0) is 4.79 Å². The van der Waals surface area contributed by atoms with Crippen molar-refractivity contribution in [2.75, 3.05) is 6.54 Å². The fourth-order valence-corrected chi connectivity index (χ4v) is 1.56. The summed E-state index contributed by atoms with van der Waals surface area (Å²) < 4.78 is 0. The van der Waals surface area contributed by atoms with E-state index in [9.17, 15) is 4.79 Å². The molecule has 0 saturated carbocycles. The molecule has 1 unspecified atom stereocenters. The summed E-state index contributed by atoms with van der Waals surface area (Å²) in [5.41, 5.74) is 10.4. The third-order valence-electron chi connectivity index (χ3n) is 3.12. The van der Waals surface area contributed by atoms with Crippen molar-refractivity contribution < 1.29 is 4.79 Å². The van der Waals surface area contributed by atoms with Crippen LogP contribution in [0.15, 0.2) is 4.99 Å². The highest BCUT2D eigenvalue weighted by Crippen LogP contribution is 2.14. The summed E-state index contributed by atoms with van der Waals surface area (Å²) in [6.07, 6.45) is 3.46. The second-order valence-electron chi connectivity index (χ2n) is 6.32. The highest BCUT2D eigenvalue weighted by Gasteiger charge is 2.24. The average Bonchev–Trinajstić information content (AvgIpc) is 2.25. The highest BCUT2D eigenvalue weighted by molar-refractivity contribution is 5.82. The van der Waals surface area contributed by atoms with Gasteiger partial charge >= 0.3 is 0 Å². The number of guanidine groups is 1. The topological polar surface area (TPSA) is 93.5 Å². The molecule has 5 nitrogen and oxygen atoms in total. The van der Waals surface area contributed by atoms with E-state index in [0.717, 1.165) is 12.3 Å². The molecule has 19 heavy (non-hydrogen) atoms. The highest BCUT2D eigenvalue weighted by atomic mass is 16.1. The Hall–Kier alpha value is -1.26. The monoisotopic (exact) mass is 270 g/mol. The molecule has 0 aromatic rings. The maximum atomic E-state index is 11.2. The molecule has 0 aromatic carbocycles. The van der Waals surface area contributed by atoms with Crippen molar-refractivity contribution in [3.8, 4) is 0 Å². The number of hydrogen-bond donors (Lipinski definition) is 3. The predicted molar refractivity (Wildman–Crippen MR) is 80.8 cm³/mol. The maximum Gasteiger partial charge on any atom is 0.224 e. The van der Waals surface area contributed by atoms with Crippen molar-refractivity contribution >= 4 is 11.9 Å². The first-order valence-electron chi connectivity index (χ1n) is 7.01. The number of carbonyl (C=O) groups excluding carboxylic acids is 1. The Morgan fingerprint density at radius 2 is 1.79 bits per heavy atom. The van der Waals surface area contributed by atoms with Crippen molar-refractivity contribution in [2.45, 2.75) is 59.9 Å². The number of nitrogens with zero attached hydrogens (tertiary/aromatic N) is 1. The Kier molecular flexibility index (Phi) is 7.49. The molecule has 0 spiro atoms. The molecule has 5 heteroatoms. The number of rotatable bonds is 8. The summed E-state index contributed by atoms with van der Waals surface area (Å²) in [6.45, 7) is 10.4. The van der Waals surface area contributed by atoms with E-state index in [4.69, 9.17) is 11.5 Å². The minimum atomic E-state index is -0.660. The number of carbonyl (C=O) groups is 1. The first-order chi connectivity index (χ1) is 8.65. The summed E-state index contributed by atoms with van der Waals surface area (Å²) >= 11 is 0. The van der Waals surface area contributed by atoms with Crippen LogP contribution in [0.3, 0.4) is 0 Å². The van der Waals surface area contributed by atoms with E-state index in [-0.39, 0.29) is 5.91 Å². The van der Waals surface area contributed by atoms with Gasteiger partial charge in [-0.3, -0.25) is 9.79 Å². The van der Waals surface area contributed by atoms with Crippen LogP contribution in [0.1, 0.15) is 53.9 Å². The van der Waals surface area contributed by atoms with E-state index in [1.807, 2.05) is 0 Å². The van der Waals surface area contributed by atoms with Gasteiger partial charge in [0.25, 0.3) is 0 Å². The Labute approximate surface area is 117 Å². The van der Waals surface area contributed by atoms with Gasteiger partial charge in [0.1, 0.15) is 0 Å². The summed E-state index contributed by atoms with van der Waals surface area (Å²) in [4.78, 5) is 15.3. The zero-order valence-electron chi connectivity index (χ0n) is 13.0. The van der Waals surface area contributed by atoms with Crippen LogP contribution < -0.4 is 16.8 Å². The van der Waals surface area contributed by atoms with Crippen molar-refractivity contribution in [3.05, 3.63) is 0 Å². The molecule has 0 fully saturated rings. The first kappa shape index (κ1) is 17.7. The SMILES string of the molecule is CC(C)CCCC(C)NC(N)=NCC(C)(C)C(N)=O. The molecule has 0 heterocycles. The average molecular weight is 270 g/mol. The molecule has 0 rings (SSSR count). The molecule has 0 bridgehead atoms. The second-order valence-corrected chi connectivity index (χ2v) is 6.32. The number of nitrogens with one attached hydrogen (secondary N) is 1. The molecular weight excluding hydrogens is 240 g/mol. The van der Waals surface area contributed by atoms with Crippen LogP contribution >= 0.6 is 0 Å². The standard InChI is InChI=1S/C14H30N4O/c1-10(2)7-6-8-11(3)18-13(16)17-9-14(4,5)12(15)19/h10-11H,6-9H2,1-5H3,(H2,15,19)(H3,16,17,18). The molecule has 5 N–H and O–H groups in total. The van der Waals surface area contributed by atoms with Crippen molar-refractivity contribution in [2.24, 2.45) is 27.8 Å². The fourth-order valence-electron chi connectivity index (χ4n) is 1.56. The number of amides is 1. The van der Waals surface area contributed by atoms with Crippen LogP contribution in [0.5, 0.6) is 0 Å². The fraction of sp³-hybridized carbons (Fsp3) is 0.857. The van der Waals surface area contributed by atoms with Crippen molar-refractivity contribution in [3.63, 3.8) is 0 Å². The molecule has 112 valence electrons. The summed E-state index contributed by atoms with van der Waals surface area (Å²) in [7, 11) is 0. The molecule has 1 amide bonds. The van der Waals surface area contributed by atoms with E-state index in [2.05, 4.69) is 31.1 Å². The van der Waals surface area contributed by atoms with E-state index >= 15 is 0 Å². The second kappa shape index (κ2) is 8.02. The summed E-state index contributed by atoms with van der Waals surface area (Å²) in [5, 5.41) is 3.14. The van der Waals surface area contributed by atoms with Crippen LogP contribution in [0.4, 0.5) is 0 Å². The van der Waals surface area contributed by atoms with Gasteiger partial charge in [-0.1, -0.05) is 26.7 Å². The van der Waals surface area contributed by atoms with Crippen molar-refractivity contribution in [1.82, 2.24) is 5.32 Å². The largest absolute Gasteiger partial charge is 0.370 e. The maximum absolute atomic E-state index is 11.2. The van der Waals surface area contributed by atoms with Gasteiger partial charge in [0, 0.05) is 6.04 Å². The van der Waals surface area contributed by atoms with Gasteiger partial charge in [0.2, 0.25) is 5.91 Å². The molecule has 0 aromatic heterocycles. The lowest BCUT2D eigenvalue weighted by Crippen LogP contribution is -2.40. The van der Waals surface area contributed by atoms with Crippen LogP contribution in [0.25, 0.3) is 0 Å². The van der Waals surface area contributed by atoms with Gasteiger partial charge < -0.3 is 16.8 Å². The van der Waals surface area contributed by atoms with Crippen LogP contribution in [-0.4, -0.2) is 24.5 Å². The lowest BCUT2D eigenvalue weighted by atomic mass is 9.93. The number of primary amides is 1. The quantitative estimate of drug-likeness (QED) is 0.462. The minimum Gasteiger partial charge on any atom is -0.370 e. The zero-order chi connectivity index (χ0) is 15.1. The third-order valence-corrected chi connectivity index (χ3v) is 3.12. The zero-order valence-corrected chi connectivity index (χ0v) is 13.0. The lowest BCUT2D eigenvalue weighted by molar-refractivity contribution is -0.125. The van der Waals surface area contributed by atoms with Gasteiger partial charge in [-0.05, 0) is 33.1 Å². The molecule has 0 saturated heterocycles. The smallest absolute Gasteiger partial charge is 0.224 e. The number of nitrogens with two attached hydrogens (primary N) is 2. The van der Waals surface area contributed by atoms with Gasteiger partial charge in [-0.25, -0.2) is 0 Å². The van der Waals surface area contributed by atoms with Gasteiger partial charge in [-0.15, -0.1) is 0 Å². The normalized spacial score (nSPS) is 14.5. The van der Waals surface area contributed by atoms with E-state index in [1.165, 1.54) is 12.8 Å². The predicted octanol–water partition coefficient (Wildman–Crippen LogP) is 1.62. The van der Waals surface area contributed by atoms with E-state index in [0.29, 0.717) is 18.5 Å². The lowest BCUT2D eigenvalue weighted by Gasteiger charge is -2.19. The van der Waals surface area contributed by atoms with E-state index < -0.39 is 5.41 Å². The Morgan fingerprint density at radius 1 is 1.21 bits per heavy atom. The molecule has 1 atom stereocenters. The van der Waals surface area contributed by atoms with E-state index in [1.54, 1.807) is 13.8 Å². The summed E-state index contributed by atoms with van der Waals surface area (Å²) in [6, 6.07) is 0.291. The number of hydrogen-bond acceptors (Lipinski definition) is 2. The van der Waals surface area contributed by atoms with Crippen molar-refractivity contribution in [1.29, 1.82) is 0 Å². The molecular formula is C14H30N4O. The Balaban J connectivity index is 4.08. The summed E-state index contributed by atoms with van der Waals surface area (Å²) in [5.74, 6) is 0.745. The van der Waals surface area contributed by atoms with Crippen LogP contribution in [0.2, 0.25) is 0 Å².